The Hall–Kier alpha value is -2.23. The first kappa shape index (κ1) is 10.3. The van der Waals surface area contributed by atoms with E-state index in [-0.39, 0.29) is 0 Å². The average Bonchev–Trinajstić information content (AvgIpc) is 2.38. The van der Waals surface area contributed by atoms with E-state index in [1.165, 1.54) is 0 Å². The molecule has 0 aliphatic heterocycles. The molecule has 2 aromatic rings. The molecule has 0 atom stereocenters. The minimum Gasteiger partial charge on any atom is -0.497 e. The van der Waals surface area contributed by atoms with E-state index in [0.717, 1.165) is 17.1 Å². The van der Waals surface area contributed by atoms with Crippen molar-refractivity contribution in [2.45, 2.75) is 0 Å². The second-order valence-corrected chi connectivity index (χ2v) is 3.10. The van der Waals surface area contributed by atoms with Crippen molar-refractivity contribution in [3.8, 4) is 5.75 Å². The van der Waals surface area contributed by atoms with Gasteiger partial charge in [0.25, 0.3) is 0 Å². The Labute approximate surface area is 93.6 Å². The first-order valence-corrected chi connectivity index (χ1v) is 4.84. The topological polar surface area (TPSA) is 46.8 Å². The largest absolute Gasteiger partial charge is 0.497 e. The van der Waals surface area contributed by atoms with Crippen LogP contribution in [-0.2, 0) is 0 Å². The van der Waals surface area contributed by atoms with Crippen LogP contribution in [0.1, 0.15) is 0 Å². The Morgan fingerprint density at radius 1 is 0.875 bits per heavy atom. The van der Waals surface area contributed by atoms with E-state index in [4.69, 9.17) is 4.74 Å². The predicted octanol–water partition coefficient (Wildman–Crippen LogP) is 3.51. The minimum absolute atomic E-state index is 0.783. The highest BCUT2D eigenvalue weighted by Gasteiger charge is 1.92. The smallest absolute Gasteiger partial charge is 0.119 e. The van der Waals surface area contributed by atoms with Crippen LogP contribution in [0.25, 0.3) is 0 Å². The first-order chi connectivity index (χ1) is 7.88. The van der Waals surface area contributed by atoms with Crippen molar-refractivity contribution >= 4 is 11.4 Å². The number of ether oxygens (including phenoxy) is 1. The SMILES string of the molecule is COc1ccc(/N=N/c2ccncc2)cc1. The maximum Gasteiger partial charge on any atom is 0.119 e. The number of benzene rings is 1. The number of aromatic nitrogens is 1. The van der Waals surface area contributed by atoms with Gasteiger partial charge in [-0.3, -0.25) is 4.98 Å². The lowest BCUT2D eigenvalue weighted by Crippen LogP contribution is -1.79. The highest BCUT2D eigenvalue weighted by atomic mass is 16.5. The van der Waals surface area contributed by atoms with Gasteiger partial charge >= 0.3 is 0 Å². The molecule has 0 fully saturated rings. The molecule has 0 unspecified atom stereocenters. The molecule has 1 aromatic heterocycles. The zero-order valence-electron chi connectivity index (χ0n) is 8.87. The number of pyridine rings is 1. The molecular formula is C12H11N3O. The lowest BCUT2D eigenvalue weighted by atomic mass is 10.3. The van der Waals surface area contributed by atoms with Gasteiger partial charge in [-0.1, -0.05) is 0 Å². The Bertz CT molecular complexity index is 465. The van der Waals surface area contributed by atoms with Gasteiger partial charge in [-0.05, 0) is 36.4 Å². The fourth-order valence-corrected chi connectivity index (χ4v) is 1.18. The summed E-state index contributed by atoms with van der Waals surface area (Å²) in [6, 6.07) is 11.0. The monoisotopic (exact) mass is 213 g/mol. The number of rotatable bonds is 3. The Balaban J connectivity index is 2.12. The van der Waals surface area contributed by atoms with Crippen molar-refractivity contribution in [3.05, 3.63) is 48.8 Å². The second-order valence-electron chi connectivity index (χ2n) is 3.10. The fourth-order valence-electron chi connectivity index (χ4n) is 1.18. The number of hydrogen-bond acceptors (Lipinski definition) is 4. The van der Waals surface area contributed by atoms with Crippen molar-refractivity contribution in [2.75, 3.05) is 7.11 Å². The number of nitrogens with zero attached hydrogens (tertiary/aromatic N) is 3. The summed E-state index contributed by atoms with van der Waals surface area (Å²) in [7, 11) is 1.63. The quantitative estimate of drug-likeness (QED) is 0.732. The van der Waals surface area contributed by atoms with Gasteiger partial charge in [0, 0.05) is 12.4 Å². The third-order valence-corrected chi connectivity index (χ3v) is 2.02. The van der Waals surface area contributed by atoms with Crippen LogP contribution in [0.2, 0.25) is 0 Å². The molecule has 2 rings (SSSR count). The third kappa shape index (κ3) is 2.63. The summed E-state index contributed by atoms with van der Waals surface area (Å²) in [5, 5.41) is 8.17. The first-order valence-electron chi connectivity index (χ1n) is 4.84. The van der Waals surface area contributed by atoms with Crippen molar-refractivity contribution in [1.82, 2.24) is 4.98 Å². The maximum atomic E-state index is 5.05. The molecule has 0 aliphatic carbocycles. The molecule has 1 heterocycles. The molecule has 80 valence electrons. The number of methoxy groups -OCH3 is 1. The molecule has 0 N–H and O–H groups in total. The summed E-state index contributed by atoms with van der Waals surface area (Å²) in [5.41, 5.74) is 1.57. The lowest BCUT2D eigenvalue weighted by molar-refractivity contribution is 0.415. The van der Waals surface area contributed by atoms with Gasteiger partial charge in [-0.25, -0.2) is 0 Å². The predicted molar refractivity (Wildman–Crippen MR) is 61.4 cm³/mol. The molecule has 0 radical (unpaired) electrons. The fraction of sp³-hybridized carbons (Fsp3) is 0.0833. The van der Waals surface area contributed by atoms with E-state index < -0.39 is 0 Å². The summed E-state index contributed by atoms with van der Waals surface area (Å²) in [6.45, 7) is 0. The van der Waals surface area contributed by atoms with Crippen LogP contribution in [0.15, 0.2) is 59.0 Å². The summed E-state index contributed by atoms with van der Waals surface area (Å²) in [5.74, 6) is 0.808. The highest BCUT2D eigenvalue weighted by molar-refractivity contribution is 5.42. The normalized spacial score (nSPS) is 10.6. The van der Waals surface area contributed by atoms with Crippen molar-refractivity contribution in [2.24, 2.45) is 10.2 Å². The zero-order valence-corrected chi connectivity index (χ0v) is 8.87. The van der Waals surface area contributed by atoms with Gasteiger partial charge in [-0.2, -0.15) is 10.2 Å². The van der Waals surface area contributed by atoms with Crippen LogP contribution in [0.4, 0.5) is 11.4 Å². The Morgan fingerprint density at radius 2 is 1.44 bits per heavy atom. The van der Waals surface area contributed by atoms with Crippen LogP contribution in [0.5, 0.6) is 5.75 Å². The Morgan fingerprint density at radius 3 is 2.00 bits per heavy atom. The molecule has 0 saturated heterocycles. The van der Waals surface area contributed by atoms with Gasteiger partial charge in [0.05, 0.1) is 18.5 Å². The van der Waals surface area contributed by atoms with Crippen molar-refractivity contribution < 1.29 is 4.74 Å². The molecule has 16 heavy (non-hydrogen) atoms. The molecule has 4 heteroatoms. The van der Waals surface area contributed by atoms with Gasteiger partial charge in [0.2, 0.25) is 0 Å². The van der Waals surface area contributed by atoms with E-state index in [2.05, 4.69) is 15.2 Å². The summed E-state index contributed by atoms with van der Waals surface area (Å²) in [4.78, 5) is 3.90. The molecule has 4 nitrogen and oxygen atoms in total. The highest BCUT2D eigenvalue weighted by Crippen LogP contribution is 2.20. The van der Waals surface area contributed by atoms with Gasteiger partial charge in [-0.15, -0.1) is 0 Å². The molecule has 1 aromatic carbocycles. The van der Waals surface area contributed by atoms with Crippen LogP contribution < -0.4 is 4.74 Å². The van der Waals surface area contributed by atoms with Crippen molar-refractivity contribution in [1.29, 1.82) is 0 Å². The zero-order chi connectivity index (χ0) is 11.2. The summed E-state index contributed by atoms with van der Waals surface area (Å²) in [6.07, 6.45) is 3.37. The summed E-state index contributed by atoms with van der Waals surface area (Å²) < 4.78 is 5.05. The van der Waals surface area contributed by atoms with E-state index in [9.17, 15) is 0 Å². The van der Waals surface area contributed by atoms with Crippen molar-refractivity contribution in [3.63, 3.8) is 0 Å². The molecule has 0 saturated carbocycles. The second kappa shape index (κ2) is 5.02. The number of hydrogen-bond donors (Lipinski definition) is 0. The molecule has 0 bridgehead atoms. The summed E-state index contributed by atoms with van der Waals surface area (Å²) >= 11 is 0. The van der Waals surface area contributed by atoms with Crippen LogP contribution in [0, 0.1) is 0 Å². The van der Waals surface area contributed by atoms with E-state index in [1.807, 2.05) is 24.3 Å². The minimum atomic E-state index is 0.783. The van der Waals surface area contributed by atoms with Gasteiger partial charge < -0.3 is 4.74 Å². The third-order valence-electron chi connectivity index (χ3n) is 2.02. The van der Waals surface area contributed by atoms with E-state index in [1.54, 1.807) is 31.6 Å². The molecule has 0 aliphatic rings. The molecule has 0 amide bonds. The molecule has 0 spiro atoms. The number of azo groups is 1. The van der Waals surface area contributed by atoms with Crippen LogP contribution in [0.3, 0.4) is 0 Å². The van der Waals surface area contributed by atoms with Crippen LogP contribution >= 0.6 is 0 Å². The van der Waals surface area contributed by atoms with Gasteiger partial charge in [0.15, 0.2) is 0 Å². The van der Waals surface area contributed by atoms with Gasteiger partial charge in [0.1, 0.15) is 5.75 Å². The average molecular weight is 213 g/mol. The molecular weight excluding hydrogens is 202 g/mol. The standard InChI is InChI=1S/C12H11N3O/c1-16-12-4-2-10(3-5-12)14-15-11-6-8-13-9-7-11/h2-9H,1H3/b15-14+. The van der Waals surface area contributed by atoms with E-state index >= 15 is 0 Å². The Kier molecular flexibility index (Phi) is 3.23. The van der Waals surface area contributed by atoms with E-state index in [0.29, 0.717) is 0 Å². The van der Waals surface area contributed by atoms with Crippen LogP contribution in [-0.4, -0.2) is 12.1 Å². The maximum absolute atomic E-state index is 5.05. The lowest BCUT2D eigenvalue weighted by Gasteiger charge is -1.98.